The standard InChI is InChI=1S/C16H16N4S/c17-9-12-1-3-13(4-2-12)14-11-21-16(18-14)15-10-19-5-7-20(15)8-6-19/h1-4,11,15H,5-8,10H2. The molecule has 5 rings (SSSR count). The van der Waals surface area contributed by atoms with Crippen molar-refractivity contribution in [3.05, 3.63) is 40.2 Å². The largest absolute Gasteiger partial charge is 0.299 e. The van der Waals surface area contributed by atoms with Gasteiger partial charge in [0.1, 0.15) is 5.01 Å². The average molecular weight is 296 g/mol. The lowest BCUT2D eigenvalue weighted by molar-refractivity contribution is 0.0123. The summed E-state index contributed by atoms with van der Waals surface area (Å²) in [6.45, 7) is 5.84. The van der Waals surface area contributed by atoms with E-state index in [-0.39, 0.29) is 0 Å². The fourth-order valence-electron chi connectivity index (χ4n) is 3.14. The van der Waals surface area contributed by atoms with Crippen LogP contribution in [0.5, 0.6) is 0 Å². The van der Waals surface area contributed by atoms with Crippen LogP contribution in [0, 0.1) is 11.3 Å². The van der Waals surface area contributed by atoms with Crippen LogP contribution in [0.3, 0.4) is 0 Å². The number of thiazole rings is 1. The van der Waals surface area contributed by atoms with E-state index >= 15 is 0 Å². The predicted octanol–water partition coefficient (Wildman–Crippen LogP) is 2.35. The van der Waals surface area contributed by atoms with E-state index in [0.717, 1.165) is 30.9 Å². The second-order valence-electron chi connectivity index (χ2n) is 5.61. The zero-order valence-electron chi connectivity index (χ0n) is 11.7. The Balaban J connectivity index is 1.59. The third-order valence-electron chi connectivity index (χ3n) is 4.40. The number of nitrogens with zero attached hydrogens (tertiary/aromatic N) is 4. The van der Waals surface area contributed by atoms with E-state index in [4.69, 9.17) is 10.2 Å². The fourth-order valence-corrected chi connectivity index (χ4v) is 4.09. The van der Waals surface area contributed by atoms with Crippen molar-refractivity contribution in [2.75, 3.05) is 32.7 Å². The average Bonchev–Trinajstić information content (AvgIpc) is 3.06. The van der Waals surface area contributed by atoms with E-state index in [0.29, 0.717) is 11.6 Å². The molecule has 106 valence electrons. The number of fused-ring (bicyclic) bond motifs is 3. The Morgan fingerprint density at radius 2 is 1.90 bits per heavy atom. The van der Waals surface area contributed by atoms with Gasteiger partial charge in [0.2, 0.25) is 0 Å². The lowest BCUT2D eigenvalue weighted by Crippen LogP contribution is -2.56. The Bertz CT molecular complexity index is 677. The zero-order chi connectivity index (χ0) is 14.2. The number of rotatable bonds is 2. The second kappa shape index (κ2) is 5.23. The maximum absolute atomic E-state index is 8.86. The smallest absolute Gasteiger partial charge is 0.112 e. The molecule has 3 saturated heterocycles. The molecule has 1 aromatic heterocycles. The molecule has 3 aliphatic heterocycles. The molecule has 0 saturated carbocycles. The van der Waals surface area contributed by atoms with Gasteiger partial charge in [-0.15, -0.1) is 11.3 Å². The summed E-state index contributed by atoms with van der Waals surface area (Å²) in [7, 11) is 0. The Hall–Kier alpha value is -1.74. The lowest BCUT2D eigenvalue weighted by Gasteiger charge is -2.46. The summed E-state index contributed by atoms with van der Waals surface area (Å²) >= 11 is 1.76. The van der Waals surface area contributed by atoms with Gasteiger partial charge in [0.15, 0.2) is 0 Å². The number of hydrogen-bond donors (Lipinski definition) is 0. The number of piperazine rings is 3. The second-order valence-corrected chi connectivity index (χ2v) is 6.50. The summed E-state index contributed by atoms with van der Waals surface area (Å²) in [4.78, 5) is 9.94. The highest BCUT2D eigenvalue weighted by molar-refractivity contribution is 7.10. The normalized spacial score (nSPS) is 27.5. The number of hydrogen-bond acceptors (Lipinski definition) is 5. The highest BCUT2D eigenvalue weighted by atomic mass is 32.1. The first-order valence-corrected chi connectivity index (χ1v) is 8.14. The Morgan fingerprint density at radius 1 is 1.14 bits per heavy atom. The van der Waals surface area contributed by atoms with E-state index < -0.39 is 0 Å². The number of benzene rings is 1. The van der Waals surface area contributed by atoms with Crippen molar-refractivity contribution >= 4 is 11.3 Å². The molecule has 0 N–H and O–H groups in total. The minimum atomic E-state index is 0.463. The van der Waals surface area contributed by atoms with Crippen LogP contribution in [-0.4, -0.2) is 47.5 Å². The summed E-state index contributed by atoms with van der Waals surface area (Å²) in [5.74, 6) is 0. The van der Waals surface area contributed by atoms with Crippen molar-refractivity contribution in [1.29, 1.82) is 5.26 Å². The van der Waals surface area contributed by atoms with Crippen molar-refractivity contribution in [1.82, 2.24) is 14.8 Å². The van der Waals surface area contributed by atoms with Crippen LogP contribution < -0.4 is 0 Å². The van der Waals surface area contributed by atoms with Gasteiger partial charge in [0, 0.05) is 43.7 Å². The van der Waals surface area contributed by atoms with Gasteiger partial charge in [0.25, 0.3) is 0 Å². The minimum absolute atomic E-state index is 0.463. The first-order valence-electron chi connectivity index (χ1n) is 7.26. The van der Waals surface area contributed by atoms with Crippen molar-refractivity contribution in [2.24, 2.45) is 0 Å². The van der Waals surface area contributed by atoms with Gasteiger partial charge in [-0.3, -0.25) is 9.80 Å². The van der Waals surface area contributed by atoms with E-state index in [2.05, 4.69) is 21.2 Å². The Morgan fingerprint density at radius 3 is 2.52 bits per heavy atom. The third-order valence-corrected chi connectivity index (χ3v) is 5.34. The molecule has 4 heterocycles. The monoisotopic (exact) mass is 296 g/mol. The molecule has 3 fully saturated rings. The number of nitriles is 1. The maximum Gasteiger partial charge on any atom is 0.112 e. The highest BCUT2D eigenvalue weighted by Gasteiger charge is 2.34. The van der Waals surface area contributed by atoms with Crippen LogP contribution in [0.15, 0.2) is 29.6 Å². The summed E-state index contributed by atoms with van der Waals surface area (Å²) in [6.07, 6.45) is 0. The minimum Gasteiger partial charge on any atom is -0.299 e. The number of aromatic nitrogens is 1. The molecule has 0 radical (unpaired) electrons. The molecular weight excluding hydrogens is 280 g/mol. The molecule has 1 atom stereocenters. The molecular formula is C16H16N4S. The SMILES string of the molecule is N#Cc1ccc(-c2csc(C3CN4CCN3CC4)n2)cc1. The van der Waals surface area contributed by atoms with Gasteiger partial charge < -0.3 is 0 Å². The molecule has 0 spiro atoms. The zero-order valence-corrected chi connectivity index (χ0v) is 12.5. The van der Waals surface area contributed by atoms with Crippen LogP contribution in [0.1, 0.15) is 16.6 Å². The maximum atomic E-state index is 8.86. The van der Waals surface area contributed by atoms with Crippen molar-refractivity contribution < 1.29 is 0 Å². The highest BCUT2D eigenvalue weighted by Crippen LogP contribution is 2.33. The topological polar surface area (TPSA) is 43.2 Å². The van der Waals surface area contributed by atoms with Gasteiger partial charge in [-0.1, -0.05) is 12.1 Å². The van der Waals surface area contributed by atoms with E-state index in [1.807, 2.05) is 24.3 Å². The van der Waals surface area contributed by atoms with Crippen LogP contribution in [0.4, 0.5) is 0 Å². The van der Waals surface area contributed by atoms with Gasteiger partial charge in [0.05, 0.1) is 23.4 Å². The van der Waals surface area contributed by atoms with Crippen molar-refractivity contribution in [2.45, 2.75) is 6.04 Å². The molecule has 0 amide bonds. The fraction of sp³-hybridized carbons (Fsp3) is 0.375. The van der Waals surface area contributed by atoms with Crippen LogP contribution in [0.25, 0.3) is 11.3 Å². The Labute approximate surface area is 128 Å². The lowest BCUT2D eigenvalue weighted by atomic mass is 10.1. The summed E-state index contributed by atoms with van der Waals surface area (Å²) in [6, 6.07) is 10.3. The summed E-state index contributed by atoms with van der Waals surface area (Å²) < 4.78 is 0. The van der Waals surface area contributed by atoms with Gasteiger partial charge in [-0.25, -0.2) is 4.98 Å². The quantitative estimate of drug-likeness (QED) is 0.853. The van der Waals surface area contributed by atoms with Crippen LogP contribution >= 0.6 is 11.3 Å². The van der Waals surface area contributed by atoms with Gasteiger partial charge in [-0.05, 0) is 12.1 Å². The van der Waals surface area contributed by atoms with Crippen molar-refractivity contribution in [3.63, 3.8) is 0 Å². The summed E-state index contributed by atoms with van der Waals surface area (Å²) in [5, 5.41) is 12.2. The first-order chi connectivity index (χ1) is 10.3. The van der Waals surface area contributed by atoms with E-state index in [9.17, 15) is 0 Å². The molecule has 2 aromatic rings. The molecule has 21 heavy (non-hydrogen) atoms. The van der Waals surface area contributed by atoms with Gasteiger partial charge in [-0.2, -0.15) is 5.26 Å². The molecule has 2 bridgehead atoms. The third kappa shape index (κ3) is 2.36. The molecule has 5 heteroatoms. The predicted molar refractivity (Wildman–Crippen MR) is 83.0 cm³/mol. The van der Waals surface area contributed by atoms with E-state index in [1.54, 1.807) is 11.3 Å². The molecule has 4 nitrogen and oxygen atoms in total. The first kappa shape index (κ1) is 13.0. The van der Waals surface area contributed by atoms with Gasteiger partial charge >= 0.3 is 0 Å². The van der Waals surface area contributed by atoms with Crippen molar-refractivity contribution in [3.8, 4) is 17.3 Å². The summed E-state index contributed by atoms with van der Waals surface area (Å²) in [5.41, 5.74) is 2.81. The Kier molecular flexibility index (Phi) is 3.23. The molecule has 1 unspecified atom stereocenters. The van der Waals surface area contributed by atoms with E-state index in [1.165, 1.54) is 18.1 Å². The molecule has 1 aromatic carbocycles. The van der Waals surface area contributed by atoms with Crippen LogP contribution in [0.2, 0.25) is 0 Å². The van der Waals surface area contributed by atoms with Crippen LogP contribution in [-0.2, 0) is 0 Å². The molecule has 3 aliphatic rings. The molecule has 0 aliphatic carbocycles.